The molecular weight excluding hydrogens is 283 g/mol. The number of aliphatic hydroxyl groups excluding tert-OH is 1. The van der Waals surface area contributed by atoms with Crippen LogP contribution in [0.5, 0.6) is 0 Å². The standard InChI is InChI=1S/C15H20F3NO2/c1-2-12(8-9-20)19-14(21)10-13(15(16,17)18)11-6-4-3-5-7-11/h3-7,12-13,20H,2,8-10H2,1H3,(H,19,21). The van der Waals surface area contributed by atoms with Crippen LogP contribution in [0.1, 0.15) is 37.7 Å². The zero-order valence-electron chi connectivity index (χ0n) is 11.9. The van der Waals surface area contributed by atoms with Crippen LogP contribution in [0.2, 0.25) is 0 Å². The van der Waals surface area contributed by atoms with Crippen molar-refractivity contribution in [1.29, 1.82) is 0 Å². The van der Waals surface area contributed by atoms with E-state index in [9.17, 15) is 18.0 Å². The number of carbonyl (C=O) groups is 1. The minimum atomic E-state index is -4.47. The van der Waals surface area contributed by atoms with Crippen molar-refractivity contribution in [3.63, 3.8) is 0 Å². The number of halogens is 3. The van der Waals surface area contributed by atoms with E-state index >= 15 is 0 Å². The van der Waals surface area contributed by atoms with E-state index in [4.69, 9.17) is 5.11 Å². The van der Waals surface area contributed by atoms with Gasteiger partial charge >= 0.3 is 6.18 Å². The number of amides is 1. The van der Waals surface area contributed by atoms with Gasteiger partial charge in [0.15, 0.2) is 0 Å². The molecule has 6 heteroatoms. The van der Waals surface area contributed by atoms with Crippen molar-refractivity contribution in [2.24, 2.45) is 0 Å². The van der Waals surface area contributed by atoms with Gasteiger partial charge in [0, 0.05) is 19.1 Å². The van der Waals surface area contributed by atoms with Crippen molar-refractivity contribution in [2.45, 2.75) is 44.3 Å². The molecule has 0 heterocycles. The molecule has 0 saturated carbocycles. The molecule has 0 aliphatic heterocycles. The predicted octanol–water partition coefficient (Wildman–Crippen LogP) is 3.00. The first-order chi connectivity index (χ1) is 9.88. The molecule has 0 aromatic heterocycles. The molecule has 1 rings (SSSR count). The van der Waals surface area contributed by atoms with Crippen molar-refractivity contribution in [1.82, 2.24) is 5.32 Å². The summed E-state index contributed by atoms with van der Waals surface area (Å²) in [6.45, 7) is 1.69. The number of hydrogen-bond donors (Lipinski definition) is 2. The molecule has 0 aliphatic carbocycles. The molecule has 0 fully saturated rings. The van der Waals surface area contributed by atoms with Crippen LogP contribution in [0.4, 0.5) is 13.2 Å². The van der Waals surface area contributed by atoms with Gasteiger partial charge in [-0.3, -0.25) is 4.79 Å². The third kappa shape index (κ3) is 5.75. The Balaban J connectivity index is 2.76. The molecule has 0 bridgehead atoms. The number of aliphatic hydroxyl groups is 1. The second-order valence-electron chi connectivity index (χ2n) is 4.89. The predicted molar refractivity (Wildman–Crippen MR) is 73.8 cm³/mol. The molecule has 118 valence electrons. The highest BCUT2D eigenvalue weighted by molar-refractivity contribution is 5.77. The van der Waals surface area contributed by atoms with Crippen molar-refractivity contribution in [3.8, 4) is 0 Å². The van der Waals surface area contributed by atoms with Crippen molar-refractivity contribution < 1.29 is 23.1 Å². The third-order valence-corrected chi connectivity index (χ3v) is 3.32. The third-order valence-electron chi connectivity index (χ3n) is 3.32. The number of rotatable bonds is 7. The number of hydrogen-bond acceptors (Lipinski definition) is 2. The second-order valence-corrected chi connectivity index (χ2v) is 4.89. The Bertz CT molecular complexity index is 434. The van der Waals surface area contributed by atoms with Gasteiger partial charge in [0.1, 0.15) is 0 Å². The number of carbonyl (C=O) groups excluding carboxylic acids is 1. The molecule has 1 aromatic carbocycles. The molecule has 0 saturated heterocycles. The van der Waals surface area contributed by atoms with E-state index in [0.717, 1.165) is 0 Å². The molecule has 0 spiro atoms. The van der Waals surface area contributed by atoms with E-state index in [1.165, 1.54) is 24.3 Å². The zero-order valence-corrected chi connectivity index (χ0v) is 11.9. The van der Waals surface area contributed by atoms with Crippen LogP contribution in [0.3, 0.4) is 0 Å². The lowest BCUT2D eigenvalue weighted by Crippen LogP contribution is -2.37. The smallest absolute Gasteiger partial charge is 0.396 e. The SMILES string of the molecule is CCC(CCO)NC(=O)CC(c1ccccc1)C(F)(F)F. The van der Waals surface area contributed by atoms with Crippen LogP contribution >= 0.6 is 0 Å². The average molecular weight is 303 g/mol. The Labute approximate surface area is 122 Å². The maximum atomic E-state index is 13.1. The van der Waals surface area contributed by atoms with Crippen LogP contribution in [0.15, 0.2) is 30.3 Å². The lowest BCUT2D eigenvalue weighted by Gasteiger charge is -2.22. The van der Waals surface area contributed by atoms with E-state index < -0.39 is 24.4 Å². The van der Waals surface area contributed by atoms with Gasteiger partial charge in [-0.15, -0.1) is 0 Å². The lowest BCUT2D eigenvalue weighted by molar-refractivity contribution is -0.157. The van der Waals surface area contributed by atoms with Crippen LogP contribution in [0, 0.1) is 0 Å². The Morgan fingerprint density at radius 1 is 1.29 bits per heavy atom. The molecular formula is C15H20F3NO2. The summed E-state index contributed by atoms with van der Waals surface area (Å²) >= 11 is 0. The summed E-state index contributed by atoms with van der Waals surface area (Å²) in [6.07, 6.45) is -4.22. The Morgan fingerprint density at radius 3 is 2.38 bits per heavy atom. The normalized spacial score (nSPS) is 14.5. The Morgan fingerprint density at radius 2 is 1.90 bits per heavy atom. The van der Waals surface area contributed by atoms with Crippen molar-refractivity contribution in [2.75, 3.05) is 6.61 Å². The summed E-state index contributed by atoms with van der Waals surface area (Å²) in [5, 5.41) is 11.4. The van der Waals surface area contributed by atoms with Crippen LogP contribution in [0.25, 0.3) is 0 Å². The van der Waals surface area contributed by atoms with Crippen LogP contribution in [-0.4, -0.2) is 29.8 Å². The highest BCUT2D eigenvalue weighted by Crippen LogP contribution is 2.37. The summed E-state index contributed by atoms with van der Waals surface area (Å²) in [7, 11) is 0. The highest BCUT2D eigenvalue weighted by Gasteiger charge is 2.41. The quantitative estimate of drug-likeness (QED) is 0.813. The molecule has 2 atom stereocenters. The van der Waals surface area contributed by atoms with Crippen LogP contribution in [-0.2, 0) is 4.79 Å². The van der Waals surface area contributed by atoms with Gasteiger partial charge in [-0.1, -0.05) is 37.3 Å². The molecule has 0 aliphatic rings. The van der Waals surface area contributed by atoms with Gasteiger partial charge in [0.25, 0.3) is 0 Å². The van der Waals surface area contributed by atoms with Gasteiger partial charge < -0.3 is 10.4 Å². The topological polar surface area (TPSA) is 49.3 Å². The summed E-state index contributed by atoms with van der Waals surface area (Å²) in [4.78, 5) is 11.8. The van der Waals surface area contributed by atoms with E-state index in [1.54, 1.807) is 13.0 Å². The first-order valence-corrected chi connectivity index (χ1v) is 6.90. The van der Waals surface area contributed by atoms with E-state index in [1.807, 2.05) is 0 Å². The summed E-state index contributed by atoms with van der Waals surface area (Å²) in [6, 6.07) is 7.12. The van der Waals surface area contributed by atoms with E-state index in [-0.39, 0.29) is 18.2 Å². The maximum absolute atomic E-state index is 13.1. The molecule has 3 nitrogen and oxygen atoms in total. The van der Waals surface area contributed by atoms with Crippen LogP contribution < -0.4 is 5.32 Å². The molecule has 0 radical (unpaired) electrons. The lowest BCUT2D eigenvalue weighted by atomic mass is 9.94. The summed E-state index contributed by atoms with van der Waals surface area (Å²) in [5.41, 5.74) is 0.0790. The Hall–Kier alpha value is -1.56. The zero-order chi connectivity index (χ0) is 15.9. The second kappa shape index (κ2) is 8.02. The average Bonchev–Trinajstić information content (AvgIpc) is 2.44. The largest absolute Gasteiger partial charge is 0.396 e. The first-order valence-electron chi connectivity index (χ1n) is 6.90. The van der Waals surface area contributed by atoms with Gasteiger partial charge in [0.2, 0.25) is 5.91 Å². The molecule has 21 heavy (non-hydrogen) atoms. The first kappa shape index (κ1) is 17.5. The minimum absolute atomic E-state index is 0.0790. The van der Waals surface area contributed by atoms with Gasteiger partial charge in [-0.25, -0.2) is 0 Å². The molecule has 2 unspecified atom stereocenters. The molecule has 1 aromatic rings. The fraction of sp³-hybridized carbons (Fsp3) is 0.533. The fourth-order valence-electron chi connectivity index (χ4n) is 2.11. The molecule has 2 N–H and O–H groups in total. The van der Waals surface area contributed by atoms with Gasteiger partial charge in [0.05, 0.1) is 5.92 Å². The van der Waals surface area contributed by atoms with E-state index in [0.29, 0.717) is 12.8 Å². The fourth-order valence-corrected chi connectivity index (χ4v) is 2.11. The molecule has 1 amide bonds. The van der Waals surface area contributed by atoms with Gasteiger partial charge in [-0.05, 0) is 18.4 Å². The Kier molecular flexibility index (Phi) is 6.68. The minimum Gasteiger partial charge on any atom is -0.396 e. The summed E-state index contributed by atoms with van der Waals surface area (Å²) < 4.78 is 39.3. The monoisotopic (exact) mass is 303 g/mol. The van der Waals surface area contributed by atoms with Gasteiger partial charge in [-0.2, -0.15) is 13.2 Å². The number of alkyl halides is 3. The number of benzene rings is 1. The highest BCUT2D eigenvalue weighted by atomic mass is 19.4. The van der Waals surface area contributed by atoms with Crippen molar-refractivity contribution >= 4 is 5.91 Å². The van der Waals surface area contributed by atoms with E-state index in [2.05, 4.69) is 5.32 Å². The van der Waals surface area contributed by atoms with Crippen molar-refractivity contribution in [3.05, 3.63) is 35.9 Å². The summed E-state index contributed by atoms with van der Waals surface area (Å²) in [5.74, 6) is -2.47. The maximum Gasteiger partial charge on any atom is 0.396 e. The number of nitrogens with one attached hydrogen (secondary N) is 1.